The summed E-state index contributed by atoms with van der Waals surface area (Å²) in [5.41, 5.74) is 5.57. The van der Waals surface area contributed by atoms with Crippen molar-refractivity contribution in [1.82, 2.24) is 0 Å². The minimum Gasteiger partial charge on any atom is -0.391 e. The van der Waals surface area contributed by atoms with Gasteiger partial charge in [-0.25, -0.2) is 8.78 Å². The Hall–Kier alpha value is -0.420. The van der Waals surface area contributed by atoms with Gasteiger partial charge in [-0.15, -0.1) is 12.4 Å². The third-order valence-electron chi connectivity index (χ3n) is 3.88. The molecule has 1 aromatic rings. The Balaban J connectivity index is 0.00000200. The van der Waals surface area contributed by atoms with Gasteiger partial charge in [-0.3, -0.25) is 0 Å². The Morgan fingerprint density at radius 2 is 1.65 bits per heavy atom. The molecule has 1 aromatic carbocycles. The molecule has 3 N–H and O–H groups in total. The number of aliphatic hydroxyl groups is 1. The van der Waals surface area contributed by atoms with Gasteiger partial charge in [0.05, 0.1) is 12.1 Å². The standard InChI is InChI=1S/C14H18ClF2NO.ClH/c15-9-6-10(16)12(11(17)7-9)13(18)14(19)8-4-2-1-3-5-8;/h6-8,13-14,19H,1-5,18H2;1H/t13-,14+;/m0./s1. The average Bonchev–Trinajstić information content (AvgIpc) is 2.37. The molecule has 0 amide bonds. The zero-order valence-corrected chi connectivity index (χ0v) is 12.6. The lowest BCUT2D eigenvalue weighted by Crippen LogP contribution is -2.35. The third kappa shape index (κ3) is 3.82. The second-order valence-corrected chi connectivity index (χ2v) is 5.63. The molecule has 0 unspecified atom stereocenters. The predicted molar refractivity (Wildman–Crippen MR) is 78.1 cm³/mol. The van der Waals surface area contributed by atoms with Crippen LogP contribution in [0.5, 0.6) is 0 Å². The van der Waals surface area contributed by atoms with Crippen molar-refractivity contribution in [2.24, 2.45) is 11.7 Å². The molecule has 1 aliphatic rings. The summed E-state index contributed by atoms with van der Waals surface area (Å²) in [5.74, 6) is -1.59. The van der Waals surface area contributed by atoms with E-state index in [1.54, 1.807) is 0 Å². The molecular formula is C14H19Cl2F2NO. The fourth-order valence-corrected chi connectivity index (χ4v) is 3.00. The molecule has 20 heavy (non-hydrogen) atoms. The van der Waals surface area contributed by atoms with Crippen LogP contribution < -0.4 is 5.73 Å². The van der Waals surface area contributed by atoms with Gasteiger partial charge in [0.2, 0.25) is 0 Å². The highest BCUT2D eigenvalue weighted by molar-refractivity contribution is 6.30. The number of benzene rings is 1. The van der Waals surface area contributed by atoms with E-state index >= 15 is 0 Å². The average molecular weight is 326 g/mol. The molecule has 0 bridgehead atoms. The highest BCUT2D eigenvalue weighted by Gasteiger charge is 2.31. The Labute approximate surface area is 128 Å². The maximum absolute atomic E-state index is 13.8. The van der Waals surface area contributed by atoms with E-state index in [9.17, 15) is 13.9 Å². The van der Waals surface area contributed by atoms with Crippen LogP contribution in [0.4, 0.5) is 8.78 Å². The SMILES string of the molecule is Cl.N[C@@H](c1c(F)cc(Cl)cc1F)[C@H](O)C1CCCCC1. The number of hydrogen-bond donors (Lipinski definition) is 2. The van der Waals surface area contributed by atoms with E-state index in [0.29, 0.717) is 0 Å². The van der Waals surface area contributed by atoms with Crippen LogP contribution in [0.1, 0.15) is 43.7 Å². The van der Waals surface area contributed by atoms with Gasteiger partial charge in [-0.1, -0.05) is 30.9 Å². The molecule has 114 valence electrons. The third-order valence-corrected chi connectivity index (χ3v) is 4.10. The van der Waals surface area contributed by atoms with E-state index in [0.717, 1.165) is 44.2 Å². The second-order valence-electron chi connectivity index (χ2n) is 5.20. The normalized spacial score (nSPS) is 19.2. The lowest BCUT2D eigenvalue weighted by Gasteiger charge is -2.30. The summed E-state index contributed by atoms with van der Waals surface area (Å²) >= 11 is 5.57. The van der Waals surface area contributed by atoms with Crippen LogP contribution in [-0.4, -0.2) is 11.2 Å². The number of halogens is 4. The first kappa shape index (κ1) is 17.6. The molecule has 0 aromatic heterocycles. The largest absolute Gasteiger partial charge is 0.391 e. The van der Waals surface area contributed by atoms with Crippen molar-refractivity contribution in [1.29, 1.82) is 0 Å². The van der Waals surface area contributed by atoms with Gasteiger partial charge < -0.3 is 10.8 Å². The topological polar surface area (TPSA) is 46.2 Å². The summed E-state index contributed by atoms with van der Waals surface area (Å²) < 4.78 is 27.5. The summed E-state index contributed by atoms with van der Waals surface area (Å²) in [5, 5.41) is 10.2. The smallest absolute Gasteiger partial charge is 0.132 e. The van der Waals surface area contributed by atoms with Crippen LogP contribution >= 0.6 is 24.0 Å². The van der Waals surface area contributed by atoms with Crippen LogP contribution in [0, 0.1) is 17.6 Å². The first-order valence-corrected chi connectivity index (χ1v) is 6.96. The molecule has 6 heteroatoms. The maximum atomic E-state index is 13.8. The molecule has 0 heterocycles. The van der Waals surface area contributed by atoms with E-state index in [1.165, 1.54) is 0 Å². The van der Waals surface area contributed by atoms with Crippen molar-refractivity contribution in [3.05, 3.63) is 34.4 Å². The number of nitrogens with two attached hydrogens (primary N) is 1. The molecule has 2 atom stereocenters. The first-order chi connectivity index (χ1) is 9.00. The molecule has 0 radical (unpaired) electrons. The molecule has 0 spiro atoms. The highest BCUT2D eigenvalue weighted by atomic mass is 35.5. The molecular weight excluding hydrogens is 307 g/mol. The minimum atomic E-state index is -1.06. The lowest BCUT2D eigenvalue weighted by molar-refractivity contribution is 0.0597. The Morgan fingerprint density at radius 3 is 2.15 bits per heavy atom. The van der Waals surface area contributed by atoms with Gasteiger partial charge in [0.15, 0.2) is 0 Å². The van der Waals surface area contributed by atoms with Crippen LogP contribution in [0.15, 0.2) is 12.1 Å². The molecule has 0 saturated heterocycles. The van der Waals surface area contributed by atoms with Crippen molar-refractivity contribution in [2.75, 3.05) is 0 Å². The van der Waals surface area contributed by atoms with E-state index in [2.05, 4.69) is 0 Å². The predicted octanol–water partition coefficient (Wildman–Crippen LogP) is 3.98. The van der Waals surface area contributed by atoms with Crippen molar-refractivity contribution in [3.8, 4) is 0 Å². The minimum absolute atomic E-state index is 0. The van der Waals surface area contributed by atoms with Gasteiger partial charge >= 0.3 is 0 Å². The van der Waals surface area contributed by atoms with Crippen LogP contribution in [-0.2, 0) is 0 Å². The van der Waals surface area contributed by atoms with Gasteiger partial charge in [0.25, 0.3) is 0 Å². The zero-order chi connectivity index (χ0) is 14.0. The number of aliphatic hydroxyl groups excluding tert-OH is 1. The fourth-order valence-electron chi connectivity index (χ4n) is 2.81. The van der Waals surface area contributed by atoms with E-state index in [4.69, 9.17) is 17.3 Å². The monoisotopic (exact) mass is 325 g/mol. The quantitative estimate of drug-likeness (QED) is 0.882. The molecule has 1 fully saturated rings. The lowest BCUT2D eigenvalue weighted by atomic mass is 9.81. The molecule has 2 nitrogen and oxygen atoms in total. The Kier molecular flexibility index (Phi) is 6.65. The number of hydrogen-bond acceptors (Lipinski definition) is 2. The molecule has 0 aliphatic heterocycles. The second kappa shape index (κ2) is 7.55. The summed E-state index contributed by atoms with van der Waals surface area (Å²) in [6.07, 6.45) is 3.98. The first-order valence-electron chi connectivity index (χ1n) is 6.59. The van der Waals surface area contributed by atoms with E-state index < -0.39 is 23.8 Å². The fraction of sp³-hybridized carbons (Fsp3) is 0.571. The van der Waals surface area contributed by atoms with Gasteiger partial charge in [-0.2, -0.15) is 0 Å². The van der Waals surface area contributed by atoms with E-state index in [-0.39, 0.29) is 28.9 Å². The zero-order valence-electron chi connectivity index (χ0n) is 11.0. The van der Waals surface area contributed by atoms with Crippen LogP contribution in [0.2, 0.25) is 5.02 Å². The van der Waals surface area contributed by atoms with E-state index in [1.807, 2.05) is 0 Å². The van der Waals surface area contributed by atoms with Gasteiger partial charge in [-0.05, 0) is 30.9 Å². The Morgan fingerprint density at radius 1 is 1.15 bits per heavy atom. The number of rotatable bonds is 3. The Bertz CT molecular complexity index is 430. The van der Waals surface area contributed by atoms with Gasteiger partial charge in [0.1, 0.15) is 11.6 Å². The van der Waals surface area contributed by atoms with Crippen molar-refractivity contribution >= 4 is 24.0 Å². The van der Waals surface area contributed by atoms with Crippen molar-refractivity contribution in [2.45, 2.75) is 44.2 Å². The summed E-state index contributed by atoms with van der Waals surface area (Å²) in [6, 6.07) is 0.987. The summed E-state index contributed by atoms with van der Waals surface area (Å²) in [4.78, 5) is 0. The molecule has 1 saturated carbocycles. The van der Waals surface area contributed by atoms with Crippen molar-refractivity contribution < 1.29 is 13.9 Å². The molecule has 1 aliphatic carbocycles. The van der Waals surface area contributed by atoms with Gasteiger partial charge in [0, 0.05) is 10.6 Å². The van der Waals surface area contributed by atoms with Crippen molar-refractivity contribution in [3.63, 3.8) is 0 Å². The summed E-state index contributed by atoms with van der Waals surface area (Å²) in [6.45, 7) is 0. The summed E-state index contributed by atoms with van der Waals surface area (Å²) in [7, 11) is 0. The molecule has 2 rings (SSSR count). The van der Waals surface area contributed by atoms with Crippen LogP contribution in [0.3, 0.4) is 0 Å². The maximum Gasteiger partial charge on any atom is 0.132 e. The van der Waals surface area contributed by atoms with Crippen LogP contribution in [0.25, 0.3) is 0 Å². The highest BCUT2D eigenvalue weighted by Crippen LogP contribution is 2.33.